The van der Waals surface area contributed by atoms with Gasteiger partial charge in [0.05, 0.1) is 12.2 Å². The van der Waals surface area contributed by atoms with Crippen molar-refractivity contribution >= 4 is 0 Å². The molecule has 2 aliphatic carbocycles. The highest BCUT2D eigenvalue weighted by atomic mass is 16.5. The first-order chi connectivity index (χ1) is 7.75. The molecule has 1 heteroatoms. The van der Waals surface area contributed by atoms with Gasteiger partial charge in [0.1, 0.15) is 0 Å². The third-order valence-corrected chi connectivity index (χ3v) is 3.45. The Morgan fingerprint density at radius 3 is 2.69 bits per heavy atom. The van der Waals surface area contributed by atoms with Gasteiger partial charge in [-0.3, -0.25) is 0 Å². The highest BCUT2D eigenvalue weighted by Crippen LogP contribution is 2.27. The molecule has 0 radical (unpaired) electrons. The average Bonchev–Trinajstić information content (AvgIpc) is 2.31. The monoisotopic (exact) mass is 218 g/mol. The maximum atomic E-state index is 6.08. The second kappa shape index (κ2) is 5.49. The van der Waals surface area contributed by atoms with Crippen LogP contribution in [0.2, 0.25) is 0 Å². The van der Waals surface area contributed by atoms with Gasteiger partial charge in [-0.05, 0) is 31.6 Å². The predicted octanol–water partition coefficient (Wildman–Crippen LogP) is 4.02. The molecule has 0 aliphatic heterocycles. The van der Waals surface area contributed by atoms with Gasteiger partial charge in [-0.15, -0.1) is 0 Å². The maximum absolute atomic E-state index is 6.08. The molecule has 88 valence electrons. The summed E-state index contributed by atoms with van der Waals surface area (Å²) < 4.78 is 6.08. The van der Waals surface area contributed by atoms with Gasteiger partial charge in [0, 0.05) is 0 Å². The van der Waals surface area contributed by atoms with Crippen molar-refractivity contribution in [2.75, 3.05) is 0 Å². The maximum Gasteiger partial charge on any atom is 0.0797 e. The van der Waals surface area contributed by atoms with E-state index < -0.39 is 0 Å². The van der Waals surface area contributed by atoms with Gasteiger partial charge >= 0.3 is 0 Å². The first-order valence-corrected chi connectivity index (χ1v) is 6.43. The Labute approximate surface area is 98.9 Å². The molecule has 0 aromatic rings. The van der Waals surface area contributed by atoms with Crippen LogP contribution >= 0.6 is 0 Å². The highest BCUT2D eigenvalue weighted by molar-refractivity contribution is 5.13. The third kappa shape index (κ3) is 3.08. The molecule has 0 spiro atoms. The van der Waals surface area contributed by atoms with Gasteiger partial charge in [0.2, 0.25) is 0 Å². The molecule has 0 aromatic heterocycles. The topological polar surface area (TPSA) is 9.23 Å². The van der Waals surface area contributed by atoms with Crippen LogP contribution in [0.15, 0.2) is 36.0 Å². The van der Waals surface area contributed by atoms with Gasteiger partial charge in [0.15, 0.2) is 0 Å². The Morgan fingerprint density at radius 1 is 1.25 bits per heavy atom. The second-order valence-corrected chi connectivity index (χ2v) is 5.05. The minimum Gasteiger partial charge on any atom is -0.370 e. The summed E-state index contributed by atoms with van der Waals surface area (Å²) in [5, 5.41) is 0. The minimum atomic E-state index is 0.309. The fourth-order valence-corrected chi connectivity index (χ4v) is 2.38. The van der Waals surface area contributed by atoms with E-state index in [-0.39, 0.29) is 0 Å². The van der Waals surface area contributed by atoms with Crippen molar-refractivity contribution in [1.82, 2.24) is 0 Å². The first-order valence-electron chi connectivity index (χ1n) is 6.43. The van der Waals surface area contributed by atoms with Crippen LogP contribution in [0, 0.1) is 5.92 Å². The van der Waals surface area contributed by atoms with E-state index >= 15 is 0 Å². The average molecular weight is 218 g/mol. The van der Waals surface area contributed by atoms with Crippen LogP contribution in [-0.4, -0.2) is 12.2 Å². The van der Waals surface area contributed by atoms with Crippen LogP contribution in [0.25, 0.3) is 0 Å². The quantitative estimate of drug-likeness (QED) is 0.650. The Hall–Kier alpha value is -0.820. The Morgan fingerprint density at radius 2 is 2.12 bits per heavy atom. The fraction of sp³-hybridized carbons (Fsp3) is 0.600. The van der Waals surface area contributed by atoms with Crippen LogP contribution in [0.3, 0.4) is 0 Å². The molecule has 0 saturated carbocycles. The normalized spacial score (nSPS) is 29.6. The molecule has 0 saturated heterocycles. The van der Waals surface area contributed by atoms with E-state index in [4.69, 9.17) is 4.74 Å². The zero-order chi connectivity index (χ0) is 11.4. The number of allylic oxidation sites excluding steroid dienone is 3. The van der Waals surface area contributed by atoms with Gasteiger partial charge in [-0.1, -0.05) is 49.8 Å². The number of ether oxygens (including phenoxy) is 1. The van der Waals surface area contributed by atoms with Gasteiger partial charge in [-0.25, -0.2) is 0 Å². The lowest BCUT2D eigenvalue weighted by molar-refractivity contribution is 0.00860. The summed E-state index contributed by atoms with van der Waals surface area (Å²) >= 11 is 0. The smallest absolute Gasteiger partial charge is 0.0797 e. The van der Waals surface area contributed by atoms with Crippen LogP contribution in [-0.2, 0) is 4.74 Å². The van der Waals surface area contributed by atoms with Crippen molar-refractivity contribution < 1.29 is 4.74 Å². The van der Waals surface area contributed by atoms with E-state index in [9.17, 15) is 0 Å². The Balaban J connectivity index is 1.81. The second-order valence-electron chi connectivity index (χ2n) is 5.05. The standard InChI is InChI=1S/C15H22O/c1-12(2)13-8-10-15(11-9-13)16-14-6-4-3-5-7-14/h3-6,8,12,14-15H,7,9-11H2,1-2H3. The molecule has 2 unspecified atom stereocenters. The molecule has 0 N–H and O–H groups in total. The first kappa shape index (κ1) is 11.7. The predicted molar refractivity (Wildman–Crippen MR) is 68.3 cm³/mol. The van der Waals surface area contributed by atoms with Crippen molar-refractivity contribution in [3.8, 4) is 0 Å². The number of hydrogen-bond donors (Lipinski definition) is 0. The lowest BCUT2D eigenvalue weighted by Crippen LogP contribution is -2.23. The molecule has 2 atom stereocenters. The van der Waals surface area contributed by atoms with Gasteiger partial charge < -0.3 is 4.74 Å². The van der Waals surface area contributed by atoms with E-state index in [0.29, 0.717) is 18.1 Å². The molecule has 2 aliphatic rings. The largest absolute Gasteiger partial charge is 0.370 e. The third-order valence-electron chi connectivity index (χ3n) is 3.45. The SMILES string of the molecule is CC(C)C1=CCC(OC2C=CC=CC2)CC1. The summed E-state index contributed by atoms with van der Waals surface area (Å²) in [6.07, 6.45) is 16.2. The van der Waals surface area contributed by atoms with Gasteiger partial charge in [-0.2, -0.15) is 0 Å². The van der Waals surface area contributed by atoms with E-state index in [1.807, 2.05) is 0 Å². The molecule has 2 rings (SSSR count). The molecular weight excluding hydrogens is 196 g/mol. The van der Waals surface area contributed by atoms with Crippen LogP contribution < -0.4 is 0 Å². The molecule has 0 aromatic carbocycles. The summed E-state index contributed by atoms with van der Waals surface area (Å²) in [5.74, 6) is 0.707. The zero-order valence-corrected chi connectivity index (χ0v) is 10.4. The lowest BCUT2D eigenvalue weighted by atomic mass is 9.90. The minimum absolute atomic E-state index is 0.309. The van der Waals surface area contributed by atoms with Crippen LogP contribution in [0.4, 0.5) is 0 Å². The Bertz CT molecular complexity index is 309. The lowest BCUT2D eigenvalue weighted by Gasteiger charge is -2.27. The molecule has 0 heterocycles. The van der Waals surface area contributed by atoms with Crippen LogP contribution in [0.1, 0.15) is 39.5 Å². The zero-order valence-electron chi connectivity index (χ0n) is 10.4. The fourth-order valence-electron chi connectivity index (χ4n) is 2.38. The van der Waals surface area contributed by atoms with E-state index in [2.05, 4.69) is 44.2 Å². The number of hydrogen-bond acceptors (Lipinski definition) is 1. The summed E-state index contributed by atoms with van der Waals surface area (Å²) in [5.41, 5.74) is 1.61. The van der Waals surface area contributed by atoms with E-state index in [0.717, 1.165) is 12.8 Å². The highest BCUT2D eigenvalue weighted by Gasteiger charge is 2.19. The van der Waals surface area contributed by atoms with Crippen molar-refractivity contribution in [3.63, 3.8) is 0 Å². The Kier molecular flexibility index (Phi) is 4.00. The molecule has 1 nitrogen and oxygen atoms in total. The summed E-state index contributed by atoms with van der Waals surface area (Å²) in [6.45, 7) is 4.56. The molecule has 0 amide bonds. The van der Waals surface area contributed by atoms with E-state index in [1.54, 1.807) is 5.57 Å². The summed E-state index contributed by atoms with van der Waals surface area (Å²) in [7, 11) is 0. The molecule has 0 fully saturated rings. The number of rotatable bonds is 3. The summed E-state index contributed by atoms with van der Waals surface area (Å²) in [6, 6.07) is 0. The molecule has 16 heavy (non-hydrogen) atoms. The molecule has 0 bridgehead atoms. The van der Waals surface area contributed by atoms with Crippen LogP contribution in [0.5, 0.6) is 0 Å². The van der Waals surface area contributed by atoms with Crippen molar-refractivity contribution in [3.05, 3.63) is 36.0 Å². The van der Waals surface area contributed by atoms with Gasteiger partial charge in [0.25, 0.3) is 0 Å². The van der Waals surface area contributed by atoms with Crippen molar-refractivity contribution in [1.29, 1.82) is 0 Å². The van der Waals surface area contributed by atoms with Crippen molar-refractivity contribution in [2.24, 2.45) is 5.92 Å². The van der Waals surface area contributed by atoms with Crippen molar-refractivity contribution in [2.45, 2.75) is 51.7 Å². The molecular formula is C15H22O. The summed E-state index contributed by atoms with van der Waals surface area (Å²) in [4.78, 5) is 0. The van der Waals surface area contributed by atoms with E-state index in [1.165, 1.54) is 12.8 Å².